The van der Waals surface area contributed by atoms with E-state index in [0.29, 0.717) is 0 Å². The number of nitrogens with two attached hydrogens (primary N) is 3. The van der Waals surface area contributed by atoms with Gasteiger partial charge in [0.05, 0.1) is 18.9 Å². The number of carbonyl (C=O) groups excluding carboxylic acids is 2. The molecule has 158 valence electrons. The number of guanidine groups is 1. The number of carboxylic acid groups (broad SMARTS) is 3. The van der Waals surface area contributed by atoms with Crippen LogP contribution in [0.4, 0.5) is 0 Å². The van der Waals surface area contributed by atoms with Gasteiger partial charge in [-0.3, -0.25) is 24.2 Å². The quantitative estimate of drug-likeness (QED) is 0.0843. The van der Waals surface area contributed by atoms with E-state index in [9.17, 15) is 24.0 Å². The van der Waals surface area contributed by atoms with Crippen LogP contribution in [0.3, 0.4) is 0 Å². The Morgan fingerprint density at radius 2 is 1.39 bits per heavy atom. The number of hydrogen-bond acceptors (Lipinski definition) is 7. The molecule has 0 saturated heterocycles. The molecule has 0 fully saturated rings. The number of nitrogens with zero attached hydrogens (tertiary/aromatic N) is 1. The van der Waals surface area contributed by atoms with E-state index in [1.807, 2.05) is 5.32 Å². The van der Waals surface area contributed by atoms with Crippen molar-refractivity contribution in [3.63, 3.8) is 0 Å². The second-order valence-corrected chi connectivity index (χ2v) is 5.71. The van der Waals surface area contributed by atoms with E-state index in [1.54, 1.807) is 0 Å². The van der Waals surface area contributed by atoms with Gasteiger partial charge in [-0.05, 0) is 12.8 Å². The molecule has 0 aliphatic carbocycles. The van der Waals surface area contributed by atoms with Gasteiger partial charge < -0.3 is 43.2 Å². The van der Waals surface area contributed by atoms with Crippen LogP contribution in [0.15, 0.2) is 4.99 Å². The highest BCUT2D eigenvalue weighted by Crippen LogP contribution is 2.03. The molecule has 0 spiro atoms. The normalized spacial score (nSPS) is 13.5. The maximum Gasteiger partial charge on any atom is 0.326 e. The number of aliphatic carboxylic acids is 3. The van der Waals surface area contributed by atoms with Crippen LogP contribution in [0.2, 0.25) is 0 Å². The zero-order valence-electron chi connectivity index (χ0n) is 14.8. The fraction of sp³-hybridized carbons (Fsp3) is 0.571. The molecule has 0 heterocycles. The van der Waals surface area contributed by atoms with Crippen LogP contribution in [-0.2, 0) is 24.0 Å². The van der Waals surface area contributed by atoms with E-state index in [0.717, 1.165) is 0 Å². The summed E-state index contributed by atoms with van der Waals surface area (Å²) in [6.45, 7) is 0.0979. The van der Waals surface area contributed by atoms with Crippen LogP contribution in [-0.4, -0.2) is 75.7 Å². The first-order valence-electron chi connectivity index (χ1n) is 8.02. The Labute approximate surface area is 159 Å². The predicted octanol–water partition coefficient (Wildman–Crippen LogP) is -3.63. The molecule has 0 aliphatic rings. The van der Waals surface area contributed by atoms with Crippen molar-refractivity contribution < 1.29 is 39.3 Å². The summed E-state index contributed by atoms with van der Waals surface area (Å²) in [6, 6.07) is -4.48. The summed E-state index contributed by atoms with van der Waals surface area (Å²) in [7, 11) is 0. The monoisotopic (exact) mass is 404 g/mol. The first-order chi connectivity index (χ1) is 12.9. The third-order valence-corrected chi connectivity index (χ3v) is 3.30. The molecule has 0 bridgehead atoms. The van der Waals surface area contributed by atoms with Gasteiger partial charge in [0.15, 0.2) is 5.96 Å². The molecule has 0 aromatic carbocycles. The van der Waals surface area contributed by atoms with E-state index in [2.05, 4.69) is 10.3 Å². The fourth-order valence-electron chi connectivity index (χ4n) is 1.98. The Morgan fingerprint density at radius 3 is 1.86 bits per heavy atom. The van der Waals surface area contributed by atoms with E-state index in [4.69, 9.17) is 32.5 Å². The average Bonchev–Trinajstić information content (AvgIpc) is 2.55. The molecule has 2 amide bonds. The van der Waals surface area contributed by atoms with Gasteiger partial charge in [-0.25, -0.2) is 4.79 Å². The van der Waals surface area contributed by atoms with Crippen molar-refractivity contribution in [3.8, 4) is 0 Å². The highest BCUT2D eigenvalue weighted by Gasteiger charge is 2.29. The Hall–Kier alpha value is -3.42. The molecule has 0 saturated carbocycles. The molecule has 0 radical (unpaired) electrons. The number of rotatable bonds is 13. The minimum absolute atomic E-state index is 0.0481. The number of nitrogens with one attached hydrogen (secondary N) is 2. The zero-order chi connectivity index (χ0) is 21.9. The summed E-state index contributed by atoms with van der Waals surface area (Å²) in [5.74, 6) is -6.48. The van der Waals surface area contributed by atoms with Gasteiger partial charge in [0, 0.05) is 6.54 Å². The third kappa shape index (κ3) is 10.5. The summed E-state index contributed by atoms with van der Waals surface area (Å²) in [4.78, 5) is 60.4. The first kappa shape index (κ1) is 24.6. The van der Waals surface area contributed by atoms with Crippen molar-refractivity contribution in [2.45, 2.75) is 43.8 Å². The summed E-state index contributed by atoms with van der Waals surface area (Å²) in [6.07, 6.45) is -1.42. The van der Waals surface area contributed by atoms with Crippen LogP contribution >= 0.6 is 0 Å². The van der Waals surface area contributed by atoms with Crippen LogP contribution in [0, 0.1) is 0 Å². The number of hydrogen-bond donors (Lipinski definition) is 8. The molecule has 0 aromatic rings. The van der Waals surface area contributed by atoms with Gasteiger partial charge in [0.1, 0.15) is 12.1 Å². The summed E-state index contributed by atoms with van der Waals surface area (Å²) < 4.78 is 0. The fourth-order valence-corrected chi connectivity index (χ4v) is 1.98. The molecule has 0 rings (SSSR count). The summed E-state index contributed by atoms with van der Waals surface area (Å²) >= 11 is 0. The van der Waals surface area contributed by atoms with Crippen molar-refractivity contribution in [1.82, 2.24) is 10.6 Å². The average molecular weight is 404 g/mol. The summed E-state index contributed by atoms with van der Waals surface area (Å²) in [5.41, 5.74) is 15.8. The topological polar surface area (TPSA) is 261 Å². The van der Waals surface area contributed by atoms with Crippen molar-refractivity contribution in [1.29, 1.82) is 0 Å². The largest absolute Gasteiger partial charge is 0.481 e. The van der Waals surface area contributed by atoms with E-state index < -0.39 is 60.7 Å². The molecule has 0 aromatic heterocycles. The lowest BCUT2D eigenvalue weighted by Crippen LogP contribution is -2.55. The predicted molar refractivity (Wildman–Crippen MR) is 93.9 cm³/mol. The second kappa shape index (κ2) is 12.1. The highest BCUT2D eigenvalue weighted by atomic mass is 16.4. The van der Waals surface area contributed by atoms with Crippen molar-refractivity contribution in [2.24, 2.45) is 22.2 Å². The Balaban J connectivity index is 5.16. The van der Waals surface area contributed by atoms with Crippen LogP contribution in [0.5, 0.6) is 0 Å². The third-order valence-electron chi connectivity index (χ3n) is 3.30. The lowest BCUT2D eigenvalue weighted by Gasteiger charge is -2.22. The molecular weight excluding hydrogens is 380 g/mol. The van der Waals surface area contributed by atoms with E-state index in [-0.39, 0.29) is 25.3 Å². The standard InChI is InChI=1S/C14H24N6O8/c15-6(4-9(21)22)11(25)19-7(2-1-3-18-14(16)17)12(26)20-8(13(27)28)5-10(23)24/h6-8H,1-5,15H2,(H,19,25)(H,20,26)(H,21,22)(H,23,24)(H,27,28)(H4,16,17,18). The van der Waals surface area contributed by atoms with Crippen LogP contribution < -0.4 is 27.8 Å². The molecule has 0 aliphatic heterocycles. The maximum atomic E-state index is 12.3. The smallest absolute Gasteiger partial charge is 0.326 e. The number of aliphatic imine (C=N–C) groups is 1. The molecule has 11 N–H and O–H groups in total. The zero-order valence-corrected chi connectivity index (χ0v) is 14.8. The van der Waals surface area contributed by atoms with E-state index >= 15 is 0 Å². The van der Waals surface area contributed by atoms with Gasteiger partial charge in [0.25, 0.3) is 0 Å². The first-order valence-corrected chi connectivity index (χ1v) is 8.02. The molecule has 28 heavy (non-hydrogen) atoms. The van der Waals surface area contributed by atoms with Crippen LogP contribution in [0.1, 0.15) is 25.7 Å². The van der Waals surface area contributed by atoms with Gasteiger partial charge in [-0.1, -0.05) is 0 Å². The number of carbonyl (C=O) groups is 5. The number of carboxylic acids is 3. The van der Waals surface area contributed by atoms with Crippen molar-refractivity contribution in [3.05, 3.63) is 0 Å². The summed E-state index contributed by atoms with van der Waals surface area (Å²) in [5, 5.41) is 30.6. The number of amides is 2. The van der Waals surface area contributed by atoms with Crippen LogP contribution in [0.25, 0.3) is 0 Å². The Morgan fingerprint density at radius 1 is 0.857 bits per heavy atom. The maximum absolute atomic E-state index is 12.3. The van der Waals surface area contributed by atoms with Gasteiger partial charge in [0.2, 0.25) is 11.8 Å². The molecule has 14 heteroatoms. The molecule has 14 nitrogen and oxygen atoms in total. The molecular formula is C14H24N6O8. The lowest BCUT2D eigenvalue weighted by molar-refractivity contribution is -0.147. The second-order valence-electron chi connectivity index (χ2n) is 5.71. The van der Waals surface area contributed by atoms with Gasteiger partial charge in [-0.2, -0.15) is 0 Å². The molecule has 3 unspecified atom stereocenters. The van der Waals surface area contributed by atoms with Crippen molar-refractivity contribution >= 4 is 35.7 Å². The van der Waals surface area contributed by atoms with Crippen molar-refractivity contribution in [2.75, 3.05) is 6.54 Å². The highest BCUT2D eigenvalue weighted by molar-refractivity contribution is 5.93. The van der Waals surface area contributed by atoms with Gasteiger partial charge >= 0.3 is 17.9 Å². The lowest BCUT2D eigenvalue weighted by atomic mass is 10.1. The Kier molecular flexibility index (Phi) is 10.6. The minimum atomic E-state index is -1.73. The Bertz CT molecular complexity index is 633. The SMILES string of the molecule is NC(N)=NCCCC(NC(=O)C(N)CC(=O)O)C(=O)NC(CC(=O)O)C(=O)O. The minimum Gasteiger partial charge on any atom is -0.481 e. The molecule has 3 atom stereocenters. The van der Waals surface area contributed by atoms with E-state index in [1.165, 1.54) is 0 Å². The van der Waals surface area contributed by atoms with Gasteiger partial charge in [-0.15, -0.1) is 0 Å².